The van der Waals surface area contributed by atoms with Gasteiger partial charge in [-0.15, -0.1) is 0 Å². The van der Waals surface area contributed by atoms with Gasteiger partial charge in [0.15, 0.2) is 0 Å². The average Bonchev–Trinajstić information content (AvgIpc) is 2.17. The van der Waals surface area contributed by atoms with Gasteiger partial charge in [0, 0.05) is 19.3 Å². The number of hydrogen-bond donors (Lipinski definition) is 1. The van der Waals surface area contributed by atoms with Crippen LogP contribution in [-0.2, 0) is 0 Å². The molecule has 0 saturated carbocycles. The molecule has 1 N–H and O–H groups in total. The number of nitrogens with zero attached hydrogens (tertiary/aromatic N) is 1. The number of aliphatic hydroxyl groups excluding tert-OH is 1. The molecule has 0 spiro atoms. The van der Waals surface area contributed by atoms with E-state index < -0.39 is 0 Å². The minimum Gasteiger partial charge on any atom is -0.389 e. The standard InChI is InChI=1S/C13H21NO/c1-10(2)9-14(4)13-7-5-12(6-8-13)11(3)15/h5-8,10-11,15H,9H2,1-4H3. The molecular weight excluding hydrogens is 186 g/mol. The van der Waals surface area contributed by atoms with E-state index in [1.54, 1.807) is 6.92 Å². The Hall–Kier alpha value is -1.02. The van der Waals surface area contributed by atoms with E-state index in [9.17, 15) is 5.11 Å². The summed E-state index contributed by atoms with van der Waals surface area (Å²) in [5, 5.41) is 9.39. The molecule has 0 aliphatic carbocycles. The van der Waals surface area contributed by atoms with Crippen LogP contribution in [0.3, 0.4) is 0 Å². The van der Waals surface area contributed by atoms with Crippen LogP contribution in [0.4, 0.5) is 5.69 Å². The summed E-state index contributed by atoms with van der Waals surface area (Å²) in [7, 11) is 2.09. The van der Waals surface area contributed by atoms with E-state index in [2.05, 4.69) is 37.9 Å². The van der Waals surface area contributed by atoms with Gasteiger partial charge in [0.25, 0.3) is 0 Å². The maximum absolute atomic E-state index is 9.39. The van der Waals surface area contributed by atoms with Crippen molar-refractivity contribution in [3.63, 3.8) is 0 Å². The van der Waals surface area contributed by atoms with Gasteiger partial charge in [0.05, 0.1) is 6.10 Å². The normalized spacial score (nSPS) is 12.9. The number of hydrogen-bond acceptors (Lipinski definition) is 2. The molecule has 1 aromatic rings. The molecule has 0 fully saturated rings. The van der Waals surface area contributed by atoms with E-state index in [4.69, 9.17) is 0 Å². The van der Waals surface area contributed by atoms with Crippen LogP contribution in [0.1, 0.15) is 32.4 Å². The molecule has 1 rings (SSSR count). The topological polar surface area (TPSA) is 23.5 Å². The van der Waals surface area contributed by atoms with Crippen LogP contribution >= 0.6 is 0 Å². The largest absolute Gasteiger partial charge is 0.389 e. The minimum absolute atomic E-state index is 0.380. The third kappa shape index (κ3) is 3.56. The predicted octanol–water partition coefficient (Wildman–Crippen LogP) is 2.83. The summed E-state index contributed by atoms with van der Waals surface area (Å²) in [6, 6.07) is 8.09. The van der Waals surface area contributed by atoms with Crippen molar-refractivity contribution >= 4 is 5.69 Å². The zero-order chi connectivity index (χ0) is 11.4. The molecule has 1 aromatic carbocycles. The third-order valence-electron chi connectivity index (χ3n) is 2.46. The first-order valence-electron chi connectivity index (χ1n) is 5.50. The number of rotatable bonds is 4. The fraction of sp³-hybridized carbons (Fsp3) is 0.538. The van der Waals surface area contributed by atoms with Gasteiger partial charge in [-0.2, -0.15) is 0 Å². The van der Waals surface area contributed by atoms with Gasteiger partial charge in [-0.25, -0.2) is 0 Å². The lowest BCUT2D eigenvalue weighted by atomic mass is 10.1. The Morgan fingerprint density at radius 2 is 1.67 bits per heavy atom. The molecule has 0 amide bonds. The summed E-state index contributed by atoms with van der Waals surface area (Å²) < 4.78 is 0. The average molecular weight is 207 g/mol. The predicted molar refractivity (Wildman–Crippen MR) is 65.2 cm³/mol. The van der Waals surface area contributed by atoms with Crippen molar-refractivity contribution in [3.05, 3.63) is 29.8 Å². The summed E-state index contributed by atoms with van der Waals surface area (Å²) in [6.07, 6.45) is -0.380. The lowest BCUT2D eigenvalue weighted by Gasteiger charge is -2.21. The van der Waals surface area contributed by atoms with E-state index >= 15 is 0 Å². The summed E-state index contributed by atoms with van der Waals surface area (Å²) in [4.78, 5) is 2.23. The number of benzene rings is 1. The van der Waals surface area contributed by atoms with Crippen LogP contribution in [0, 0.1) is 5.92 Å². The van der Waals surface area contributed by atoms with Gasteiger partial charge in [0.1, 0.15) is 0 Å². The van der Waals surface area contributed by atoms with E-state index in [1.807, 2.05) is 12.1 Å². The molecule has 84 valence electrons. The quantitative estimate of drug-likeness (QED) is 0.820. The minimum atomic E-state index is -0.380. The second-order valence-electron chi connectivity index (χ2n) is 4.54. The van der Waals surface area contributed by atoms with Gasteiger partial charge in [-0.1, -0.05) is 26.0 Å². The van der Waals surface area contributed by atoms with Crippen LogP contribution in [0.5, 0.6) is 0 Å². The molecular formula is C13H21NO. The van der Waals surface area contributed by atoms with E-state index in [1.165, 1.54) is 5.69 Å². The molecule has 0 aliphatic rings. The zero-order valence-corrected chi connectivity index (χ0v) is 10.1. The lowest BCUT2D eigenvalue weighted by molar-refractivity contribution is 0.199. The van der Waals surface area contributed by atoms with Crippen molar-refractivity contribution in [2.75, 3.05) is 18.5 Å². The number of anilines is 1. The van der Waals surface area contributed by atoms with Gasteiger partial charge in [0.2, 0.25) is 0 Å². The highest BCUT2D eigenvalue weighted by Gasteiger charge is 2.04. The van der Waals surface area contributed by atoms with Crippen molar-refractivity contribution in [2.24, 2.45) is 5.92 Å². The molecule has 2 heteroatoms. The Morgan fingerprint density at radius 1 is 1.13 bits per heavy atom. The Kier molecular flexibility index (Phi) is 4.15. The van der Waals surface area contributed by atoms with E-state index in [-0.39, 0.29) is 6.10 Å². The van der Waals surface area contributed by atoms with Crippen molar-refractivity contribution in [3.8, 4) is 0 Å². The second kappa shape index (κ2) is 5.17. The summed E-state index contributed by atoms with van der Waals surface area (Å²) in [6.45, 7) is 7.25. The van der Waals surface area contributed by atoms with Crippen LogP contribution in [0.25, 0.3) is 0 Å². The van der Waals surface area contributed by atoms with Gasteiger partial charge in [-0.05, 0) is 30.5 Å². The second-order valence-corrected chi connectivity index (χ2v) is 4.54. The molecule has 0 bridgehead atoms. The fourth-order valence-electron chi connectivity index (χ4n) is 1.66. The smallest absolute Gasteiger partial charge is 0.0761 e. The number of aliphatic hydroxyl groups is 1. The van der Waals surface area contributed by atoms with Crippen LogP contribution in [0.15, 0.2) is 24.3 Å². The molecule has 0 heterocycles. The highest BCUT2D eigenvalue weighted by molar-refractivity contribution is 5.47. The highest BCUT2D eigenvalue weighted by Crippen LogP contribution is 2.18. The van der Waals surface area contributed by atoms with Gasteiger partial charge in [-0.3, -0.25) is 0 Å². The molecule has 1 atom stereocenters. The lowest BCUT2D eigenvalue weighted by Crippen LogP contribution is -2.22. The van der Waals surface area contributed by atoms with Gasteiger partial charge >= 0.3 is 0 Å². The third-order valence-corrected chi connectivity index (χ3v) is 2.46. The van der Waals surface area contributed by atoms with E-state index in [0.717, 1.165) is 12.1 Å². The molecule has 0 saturated heterocycles. The highest BCUT2D eigenvalue weighted by atomic mass is 16.3. The van der Waals surface area contributed by atoms with Crippen molar-refractivity contribution in [1.29, 1.82) is 0 Å². The fourth-order valence-corrected chi connectivity index (χ4v) is 1.66. The maximum Gasteiger partial charge on any atom is 0.0761 e. The van der Waals surface area contributed by atoms with Crippen LogP contribution in [0.2, 0.25) is 0 Å². The monoisotopic (exact) mass is 207 g/mol. The SMILES string of the molecule is CC(C)CN(C)c1ccc(C(C)O)cc1. The first-order valence-corrected chi connectivity index (χ1v) is 5.50. The Labute approximate surface area is 92.5 Å². The molecule has 15 heavy (non-hydrogen) atoms. The molecule has 0 aliphatic heterocycles. The molecule has 2 nitrogen and oxygen atoms in total. The molecule has 0 aromatic heterocycles. The molecule has 1 unspecified atom stereocenters. The zero-order valence-electron chi connectivity index (χ0n) is 10.1. The van der Waals surface area contributed by atoms with Crippen molar-refractivity contribution in [1.82, 2.24) is 0 Å². The Morgan fingerprint density at radius 3 is 2.07 bits per heavy atom. The summed E-state index contributed by atoms with van der Waals surface area (Å²) in [5.74, 6) is 0.659. The van der Waals surface area contributed by atoms with Crippen molar-refractivity contribution < 1.29 is 5.11 Å². The Bertz CT molecular complexity index is 290. The summed E-state index contributed by atoms with van der Waals surface area (Å²) >= 11 is 0. The van der Waals surface area contributed by atoms with Crippen LogP contribution in [-0.4, -0.2) is 18.7 Å². The van der Waals surface area contributed by atoms with Crippen molar-refractivity contribution in [2.45, 2.75) is 26.9 Å². The van der Waals surface area contributed by atoms with Gasteiger partial charge < -0.3 is 10.0 Å². The Balaban J connectivity index is 2.71. The first-order chi connectivity index (χ1) is 7.00. The van der Waals surface area contributed by atoms with E-state index in [0.29, 0.717) is 5.92 Å². The first kappa shape index (κ1) is 12.1. The van der Waals surface area contributed by atoms with Crippen LogP contribution < -0.4 is 4.90 Å². The summed E-state index contributed by atoms with van der Waals surface area (Å²) in [5.41, 5.74) is 2.17. The molecule has 0 radical (unpaired) electrons. The maximum atomic E-state index is 9.39.